The quantitative estimate of drug-likeness (QED) is 0.0463. The van der Waals surface area contributed by atoms with Gasteiger partial charge in [-0.3, -0.25) is 10.2 Å². The molecular formula is C45H68Cl2F2N5O8+. The third-order valence-electron chi connectivity index (χ3n) is 13.2. The molecule has 2 aliphatic heterocycles. The van der Waals surface area contributed by atoms with Gasteiger partial charge in [0, 0.05) is 45.1 Å². The van der Waals surface area contributed by atoms with Crippen molar-refractivity contribution in [1.29, 1.82) is 0 Å². The zero-order valence-electron chi connectivity index (χ0n) is 36.3. The number of piperidine rings is 1. The Balaban J connectivity index is 1.67. The molecule has 13 nitrogen and oxygen atoms in total. The second-order valence-electron chi connectivity index (χ2n) is 17.4. The molecule has 5 rings (SSSR count). The molecule has 348 valence electrons. The Morgan fingerprint density at radius 2 is 1.48 bits per heavy atom. The second-order valence-corrected chi connectivity index (χ2v) is 18.2. The van der Waals surface area contributed by atoms with E-state index in [1.54, 1.807) is 14.2 Å². The van der Waals surface area contributed by atoms with Gasteiger partial charge in [0.1, 0.15) is 17.2 Å². The molecule has 0 aromatic heterocycles. The highest BCUT2D eigenvalue weighted by Gasteiger charge is 2.62. The zero-order chi connectivity index (χ0) is 44.9. The Morgan fingerprint density at radius 3 is 2.10 bits per heavy atom. The van der Waals surface area contributed by atoms with Crippen LogP contribution < -0.4 is 16.4 Å². The number of rotatable bonds is 20. The average molecular weight is 916 g/mol. The molecular weight excluding hydrogens is 847 g/mol. The molecule has 7 N–H and O–H groups in total. The molecule has 0 spiro atoms. The normalized spacial score (nSPS) is 22.6. The summed E-state index contributed by atoms with van der Waals surface area (Å²) in [5.41, 5.74) is 1.14. The first-order valence-electron chi connectivity index (χ1n) is 22.3. The minimum Gasteiger partial charge on any atom is -0.390 e. The monoisotopic (exact) mass is 914 g/mol. The van der Waals surface area contributed by atoms with Crippen molar-refractivity contribution < 1.29 is 52.4 Å². The lowest BCUT2D eigenvalue weighted by molar-refractivity contribution is -0.899. The van der Waals surface area contributed by atoms with Gasteiger partial charge in [0.25, 0.3) is 0 Å². The first-order chi connectivity index (χ1) is 29.8. The number of nitrogens with one attached hydrogen (secondary N) is 2. The Kier molecular flexibility index (Phi) is 19.0. The van der Waals surface area contributed by atoms with Crippen LogP contribution in [0.5, 0.6) is 0 Å². The molecule has 2 unspecified atom stereocenters. The standard InChI is InChI=1S/C45H67Cl2F2N5O8/c1-60-26-11-7-21-44(58,32-17-13-19-34(46)38(32)48)40-41(53(23-28-62-40)42(56)51-36(37(55)30-50)29-31-15-5-3-6-16-31)54(24-9-4-10-25-54)43(57)52-45(59,22-8-12-27-61-2)33-18-14-20-35(47)39(33)49/h13-14,17-20,31,36-37,40-41,55,58-59H,3-12,15-16,21-30,50H2,1-2H3,(H-,51,52,56,57)/p+1/t36-,37+,40?,41?,44+,45-/m0/s1. The first-order valence-corrected chi connectivity index (χ1v) is 23.1. The van der Waals surface area contributed by atoms with Gasteiger partial charge in [-0.1, -0.05) is 79.6 Å². The number of hydrogen-bond donors (Lipinski definition) is 6. The van der Waals surface area contributed by atoms with Crippen LogP contribution in [0.1, 0.15) is 107 Å². The maximum atomic E-state index is 16.4. The van der Waals surface area contributed by atoms with Gasteiger partial charge in [0.15, 0.2) is 11.8 Å². The third kappa shape index (κ3) is 11.8. The molecule has 6 atom stereocenters. The summed E-state index contributed by atoms with van der Waals surface area (Å²) in [6.07, 6.45) is 4.92. The van der Waals surface area contributed by atoms with Gasteiger partial charge >= 0.3 is 12.1 Å². The number of carbonyl (C=O) groups is 2. The lowest BCUT2D eigenvalue weighted by atomic mass is 9.79. The summed E-state index contributed by atoms with van der Waals surface area (Å²) < 4.78 is 48.9. The van der Waals surface area contributed by atoms with E-state index in [0.717, 1.165) is 38.5 Å². The highest BCUT2D eigenvalue weighted by molar-refractivity contribution is 6.31. The lowest BCUT2D eigenvalue weighted by Gasteiger charge is -2.55. The molecule has 0 radical (unpaired) electrons. The maximum Gasteiger partial charge on any atom is 0.420 e. The Bertz CT molecular complexity index is 1760. The number of halogens is 4. The van der Waals surface area contributed by atoms with Crippen molar-refractivity contribution >= 4 is 35.3 Å². The average Bonchev–Trinajstić information content (AvgIpc) is 3.28. The summed E-state index contributed by atoms with van der Waals surface area (Å²) in [5, 5.41) is 42.4. The van der Waals surface area contributed by atoms with E-state index < -0.39 is 63.9 Å². The summed E-state index contributed by atoms with van der Waals surface area (Å²) in [5.74, 6) is -1.52. The van der Waals surface area contributed by atoms with E-state index in [1.165, 1.54) is 41.3 Å². The predicted octanol–water partition coefficient (Wildman–Crippen LogP) is 7.04. The molecule has 1 aliphatic carbocycles. The Labute approximate surface area is 375 Å². The van der Waals surface area contributed by atoms with E-state index in [0.29, 0.717) is 58.2 Å². The Morgan fingerprint density at radius 1 is 0.903 bits per heavy atom. The van der Waals surface area contributed by atoms with Gasteiger partial charge in [0.05, 0.1) is 48.4 Å². The minimum atomic E-state index is -2.29. The third-order valence-corrected chi connectivity index (χ3v) is 13.8. The van der Waals surface area contributed by atoms with E-state index in [2.05, 4.69) is 10.6 Å². The van der Waals surface area contributed by atoms with Crippen molar-refractivity contribution in [2.45, 2.75) is 132 Å². The lowest BCUT2D eigenvalue weighted by Crippen LogP contribution is -2.79. The van der Waals surface area contributed by atoms with Crippen molar-refractivity contribution in [1.82, 2.24) is 15.5 Å². The van der Waals surface area contributed by atoms with Crippen LogP contribution >= 0.6 is 23.2 Å². The fourth-order valence-corrected chi connectivity index (χ4v) is 10.2. The summed E-state index contributed by atoms with van der Waals surface area (Å²) in [7, 11) is 3.10. The number of likely N-dealkylation sites (tertiary alicyclic amines) is 1. The van der Waals surface area contributed by atoms with Crippen molar-refractivity contribution in [2.24, 2.45) is 11.7 Å². The maximum absolute atomic E-state index is 16.4. The Hall–Kier alpha value is -2.70. The van der Waals surface area contributed by atoms with Gasteiger partial charge in [0.2, 0.25) is 6.17 Å². The van der Waals surface area contributed by atoms with Gasteiger partial charge in [-0.15, -0.1) is 0 Å². The van der Waals surface area contributed by atoms with Gasteiger partial charge in [-0.25, -0.2) is 22.9 Å². The number of quaternary nitrogens is 1. The van der Waals surface area contributed by atoms with Crippen molar-refractivity contribution in [2.75, 3.05) is 60.2 Å². The molecule has 62 heavy (non-hydrogen) atoms. The molecule has 3 aliphatic rings. The number of aliphatic hydroxyl groups excluding tert-OH is 1. The van der Waals surface area contributed by atoms with Crippen LogP contribution in [0, 0.1) is 17.6 Å². The number of ether oxygens (including phenoxy) is 3. The minimum absolute atomic E-state index is 0.0445. The number of nitrogens with two attached hydrogens (primary N) is 1. The van der Waals surface area contributed by atoms with Crippen LogP contribution in [0.15, 0.2) is 36.4 Å². The molecule has 1 saturated carbocycles. The highest BCUT2D eigenvalue weighted by Crippen LogP contribution is 2.44. The summed E-state index contributed by atoms with van der Waals surface area (Å²) in [6.45, 7) is 0.707. The first kappa shape index (κ1) is 50.3. The predicted molar refractivity (Wildman–Crippen MR) is 233 cm³/mol. The number of morpholine rings is 1. The largest absolute Gasteiger partial charge is 0.420 e. The topological polar surface area (TPSA) is 176 Å². The number of hydrogen-bond acceptors (Lipinski definition) is 9. The van der Waals surface area contributed by atoms with Crippen LogP contribution in [0.3, 0.4) is 0 Å². The fraction of sp³-hybridized carbons (Fsp3) is 0.689. The highest BCUT2D eigenvalue weighted by atomic mass is 35.5. The summed E-state index contributed by atoms with van der Waals surface area (Å²) >= 11 is 12.6. The molecule has 17 heteroatoms. The number of benzene rings is 2. The number of methoxy groups -OCH3 is 2. The smallest absolute Gasteiger partial charge is 0.390 e. The molecule has 4 amide bonds. The van der Waals surface area contributed by atoms with Crippen molar-refractivity contribution in [3.05, 3.63) is 69.2 Å². The van der Waals surface area contributed by atoms with Crippen LogP contribution in [0.2, 0.25) is 10.0 Å². The molecule has 2 aromatic rings. The number of amides is 4. The van der Waals surface area contributed by atoms with E-state index >= 15 is 18.4 Å². The van der Waals surface area contributed by atoms with E-state index in [4.69, 9.17) is 43.1 Å². The summed E-state index contributed by atoms with van der Waals surface area (Å²) in [4.78, 5) is 32.1. The van der Waals surface area contributed by atoms with Crippen LogP contribution in [0.4, 0.5) is 18.4 Å². The molecule has 0 bridgehead atoms. The van der Waals surface area contributed by atoms with Crippen molar-refractivity contribution in [3.8, 4) is 0 Å². The number of nitrogens with zero attached hydrogens (tertiary/aromatic N) is 2. The number of carbonyl (C=O) groups excluding carboxylic acids is 2. The molecule has 2 aromatic carbocycles. The second kappa shape index (κ2) is 23.5. The number of urea groups is 2. The van der Waals surface area contributed by atoms with Crippen LogP contribution in [-0.2, 0) is 25.5 Å². The molecule has 2 heterocycles. The van der Waals surface area contributed by atoms with E-state index in [9.17, 15) is 15.3 Å². The van der Waals surface area contributed by atoms with Gasteiger partial charge < -0.3 is 40.6 Å². The van der Waals surface area contributed by atoms with Crippen LogP contribution in [-0.4, -0.2) is 121 Å². The summed E-state index contributed by atoms with van der Waals surface area (Å²) in [6, 6.07) is 6.39. The van der Waals surface area contributed by atoms with Gasteiger partial charge in [-0.05, 0) is 82.3 Å². The van der Waals surface area contributed by atoms with Crippen LogP contribution in [0.25, 0.3) is 0 Å². The van der Waals surface area contributed by atoms with Gasteiger partial charge in [-0.2, -0.15) is 0 Å². The SMILES string of the molecule is COCCCC[C@@](O)(NC(=O)[N+]1(C2C([C@@](O)(CCCCOC)c3cccc(Cl)c3F)OCCN2C(=O)N[C@@H](CC2CCCCC2)[C@H](O)CN)CCCCC1)c1cccc(Cl)c1F. The van der Waals surface area contributed by atoms with Crippen molar-refractivity contribution in [3.63, 3.8) is 0 Å². The fourth-order valence-electron chi connectivity index (χ4n) is 9.87. The number of unbranched alkanes of at least 4 members (excludes halogenated alkanes) is 2. The zero-order valence-corrected chi connectivity index (χ0v) is 37.8. The molecule has 3 fully saturated rings. The number of aliphatic hydroxyl groups is 3. The molecule has 2 saturated heterocycles. The van der Waals surface area contributed by atoms with E-state index in [-0.39, 0.29) is 72.7 Å². The van der Waals surface area contributed by atoms with E-state index in [1.807, 2.05) is 0 Å².